The Morgan fingerprint density at radius 3 is 2.67 bits per heavy atom. The lowest BCUT2D eigenvalue weighted by molar-refractivity contribution is 0.202. The molecule has 0 aromatic carbocycles. The van der Waals surface area contributed by atoms with Crippen LogP contribution in [0.2, 0.25) is 10.0 Å². The van der Waals surface area contributed by atoms with Crippen LogP contribution in [0.25, 0.3) is 0 Å². The second kappa shape index (κ2) is 4.66. The van der Waals surface area contributed by atoms with E-state index in [1.165, 1.54) is 0 Å². The van der Waals surface area contributed by atoms with Crippen LogP contribution < -0.4 is 5.32 Å². The number of aromatic nitrogens is 1. The number of pyridine rings is 1. The predicted molar refractivity (Wildman–Crippen MR) is 62.5 cm³/mol. The molecule has 0 bridgehead atoms. The zero-order chi connectivity index (χ0) is 10.8. The molecule has 3 nitrogen and oxygen atoms in total. The highest BCUT2D eigenvalue weighted by Gasteiger charge is 2.24. The third kappa shape index (κ3) is 2.26. The van der Waals surface area contributed by atoms with Crippen LogP contribution in [0.4, 0.5) is 0 Å². The van der Waals surface area contributed by atoms with Gasteiger partial charge in [-0.25, -0.2) is 0 Å². The summed E-state index contributed by atoms with van der Waals surface area (Å²) in [4.78, 5) is 6.22. The molecule has 2 heterocycles. The molecule has 0 spiro atoms. The summed E-state index contributed by atoms with van der Waals surface area (Å²) in [5, 5.41) is 4.62. The summed E-state index contributed by atoms with van der Waals surface area (Å²) in [7, 11) is 2.08. The first-order chi connectivity index (χ1) is 7.20. The third-order valence-electron chi connectivity index (χ3n) is 2.73. The van der Waals surface area contributed by atoms with Crippen molar-refractivity contribution in [1.82, 2.24) is 15.2 Å². The SMILES string of the molecule is CN1CCNCC1c1c(Cl)cncc1Cl. The largest absolute Gasteiger partial charge is 0.314 e. The average molecular weight is 246 g/mol. The first kappa shape index (κ1) is 11.1. The van der Waals surface area contributed by atoms with Crippen LogP contribution in [0.3, 0.4) is 0 Å². The van der Waals surface area contributed by atoms with E-state index in [2.05, 4.69) is 22.2 Å². The molecular formula is C10H13Cl2N3. The lowest BCUT2D eigenvalue weighted by Crippen LogP contribution is -2.44. The number of nitrogens with zero attached hydrogens (tertiary/aromatic N) is 2. The lowest BCUT2D eigenvalue weighted by atomic mass is 10.1. The molecule has 1 unspecified atom stereocenters. The standard InChI is InChI=1S/C10H13Cl2N3/c1-15-3-2-13-6-9(15)10-7(11)4-14-5-8(10)12/h4-5,9,13H,2-3,6H2,1H3. The van der Waals surface area contributed by atoms with Gasteiger partial charge < -0.3 is 5.32 Å². The average Bonchev–Trinajstić information content (AvgIpc) is 2.20. The van der Waals surface area contributed by atoms with Crippen molar-refractivity contribution in [3.8, 4) is 0 Å². The molecule has 5 heteroatoms. The second-order valence-corrected chi connectivity index (χ2v) is 4.53. The smallest absolute Gasteiger partial charge is 0.0652 e. The normalized spacial score (nSPS) is 23.0. The summed E-state index contributed by atoms with van der Waals surface area (Å²) < 4.78 is 0. The molecule has 0 amide bonds. The molecule has 1 fully saturated rings. The molecule has 15 heavy (non-hydrogen) atoms. The summed E-state index contributed by atoms with van der Waals surface area (Å²) in [6.45, 7) is 2.88. The summed E-state index contributed by atoms with van der Waals surface area (Å²) in [6, 6.07) is 0.238. The number of likely N-dealkylation sites (N-methyl/N-ethyl adjacent to an activating group) is 1. The topological polar surface area (TPSA) is 28.2 Å². The molecule has 1 aromatic rings. The van der Waals surface area contributed by atoms with Crippen molar-refractivity contribution >= 4 is 23.2 Å². The highest BCUT2D eigenvalue weighted by Crippen LogP contribution is 2.32. The van der Waals surface area contributed by atoms with E-state index >= 15 is 0 Å². The van der Waals surface area contributed by atoms with E-state index in [1.807, 2.05) is 0 Å². The maximum Gasteiger partial charge on any atom is 0.0652 e. The Morgan fingerprint density at radius 2 is 2.07 bits per heavy atom. The van der Waals surface area contributed by atoms with Crippen LogP contribution in [0.1, 0.15) is 11.6 Å². The van der Waals surface area contributed by atoms with Gasteiger partial charge in [-0.2, -0.15) is 0 Å². The third-order valence-corrected chi connectivity index (χ3v) is 3.34. The van der Waals surface area contributed by atoms with Gasteiger partial charge in [0.15, 0.2) is 0 Å². The Hall–Kier alpha value is -0.350. The molecule has 1 aromatic heterocycles. The van der Waals surface area contributed by atoms with Crippen LogP contribution in [-0.4, -0.2) is 36.6 Å². The number of nitrogens with one attached hydrogen (secondary N) is 1. The maximum atomic E-state index is 6.13. The van der Waals surface area contributed by atoms with Crippen molar-refractivity contribution in [3.63, 3.8) is 0 Å². The summed E-state index contributed by atoms with van der Waals surface area (Å²) in [5.74, 6) is 0. The Balaban J connectivity index is 2.35. The van der Waals surface area contributed by atoms with Gasteiger partial charge in [0.05, 0.1) is 16.1 Å². The van der Waals surface area contributed by atoms with Crippen LogP contribution in [-0.2, 0) is 0 Å². The van der Waals surface area contributed by atoms with Crippen LogP contribution in [0, 0.1) is 0 Å². The van der Waals surface area contributed by atoms with E-state index in [0.717, 1.165) is 25.2 Å². The lowest BCUT2D eigenvalue weighted by Gasteiger charge is -2.34. The maximum absolute atomic E-state index is 6.13. The van der Waals surface area contributed by atoms with Crippen molar-refractivity contribution in [2.45, 2.75) is 6.04 Å². The Kier molecular flexibility index (Phi) is 3.46. The molecule has 2 rings (SSSR count). The Labute approximate surface area is 99.4 Å². The van der Waals surface area contributed by atoms with E-state index in [4.69, 9.17) is 23.2 Å². The van der Waals surface area contributed by atoms with Crippen molar-refractivity contribution in [2.75, 3.05) is 26.7 Å². The molecule has 1 saturated heterocycles. The van der Waals surface area contributed by atoms with Gasteiger partial charge >= 0.3 is 0 Å². The first-order valence-corrected chi connectivity index (χ1v) is 5.65. The molecule has 1 aliphatic rings. The van der Waals surface area contributed by atoms with Crippen LogP contribution in [0.5, 0.6) is 0 Å². The van der Waals surface area contributed by atoms with E-state index in [1.54, 1.807) is 12.4 Å². The van der Waals surface area contributed by atoms with Gasteiger partial charge in [0, 0.05) is 37.6 Å². The fourth-order valence-corrected chi connectivity index (χ4v) is 2.48. The predicted octanol–water partition coefficient (Wildman–Crippen LogP) is 1.96. The number of piperazine rings is 1. The highest BCUT2D eigenvalue weighted by molar-refractivity contribution is 6.35. The monoisotopic (exact) mass is 245 g/mol. The van der Waals surface area contributed by atoms with E-state index < -0.39 is 0 Å². The molecule has 1 atom stereocenters. The quantitative estimate of drug-likeness (QED) is 0.821. The molecule has 0 aliphatic carbocycles. The Bertz CT molecular complexity index is 336. The van der Waals surface area contributed by atoms with Gasteiger partial charge in [0.1, 0.15) is 0 Å². The number of hydrogen-bond acceptors (Lipinski definition) is 3. The first-order valence-electron chi connectivity index (χ1n) is 4.90. The van der Waals surface area contributed by atoms with E-state index in [9.17, 15) is 0 Å². The molecule has 1 N–H and O–H groups in total. The van der Waals surface area contributed by atoms with Crippen LogP contribution >= 0.6 is 23.2 Å². The van der Waals surface area contributed by atoms with Gasteiger partial charge in [-0.3, -0.25) is 9.88 Å². The van der Waals surface area contributed by atoms with Crippen molar-refractivity contribution in [3.05, 3.63) is 28.0 Å². The summed E-state index contributed by atoms with van der Waals surface area (Å²) in [6.07, 6.45) is 3.29. The minimum absolute atomic E-state index is 0.238. The Morgan fingerprint density at radius 1 is 1.40 bits per heavy atom. The molecule has 0 radical (unpaired) electrons. The van der Waals surface area contributed by atoms with Crippen molar-refractivity contribution < 1.29 is 0 Å². The molecular weight excluding hydrogens is 233 g/mol. The van der Waals surface area contributed by atoms with Crippen molar-refractivity contribution in [2.24, 2.45) is 0 Å². The van der Waals surface area contributed by atoms with E-state index in [0.29, 0.717) is 10.0 Å². The van der Waals surface area contributed by atoms with Gasteiger partial charge in [-0.15, -0.1) is 0 Å². The minimum atomic E-state index is 0.238. The van der Waals surface area contributed by atoms with Gasteiger partial charge in [0.25, 0.3) is 0 Å². The van der Waals surface area contributed by atoms with Gasteiger partial charge in [-0.1, -0.05) is 23.2 Å². The summed E-state index contributed by atoms with van der Waals surface area (Å²) >= 11 is 12.3. The van der Waals surface area contributed by atoms with E-state index in [-0.39, 0.29) is 6.04 Å². The summed E-state index contributed by atoms with van der Waals surface area (Å²) in [5.41, 5.74) is 0.975. The highest BCUT2D eigenvalue weighted by atomic mass is 35.5. The number of rotatable bonds is 1. The zero-order valence-electron chi connectivity index (χ0n) is 8.50. The second-order valence-electron chi connectivity index (χ2n) is 3.72. The minimum Gasteiger partial charge on any atom is -0.314 e. The fourth-order valence-electron chi connectivity index (χ4n) is 1.87. The van der Waals surface area contributed by atoms with Gasteiger partial charge in [-0.05, 0) is 7.05 Å². The van der Waals surface area contributed by atoms with Crippen molar-refractivity contribution in [1.29, 1.82) is 0 Å². The zero-order valence-corrected chi connectivity index (χ0v) is 10.0. The van der Waals surface area contributed by atoms with Crippen LogP contribution in [0.15, 0.2) is 12.4 Å². The van der Waals surface area contributed by atoms with Gasteiger partial charge in [0.2, 0.25) is 0 Å². The molecule has 0 saturated carbocycles. The molecule has 82 valence electrons. The fraction of sp³-hybridized carbons (Fsp3) is 0.500. The molecule has 1 aliphatic heterocycles. The number of halogens is 2. The number of hydrogen-bond donors (Lipinski definition) is 1.